The molecule has 0 radical (unpaired) electrons. The summed E-state index contributed by atoms with van der Waals surface area (Å²) in [6.07, 6.45) is 3.95. The Kier molecular flexibility index (Phi) is 3.13. The largest absolute Gasteiger partial charge is 0.371 e. The summed E-state index contributed by atoms with van der Waals surface area (Å²) in [7, 11) is 2.00. The number of nitrogens with one attached hydrogen (secondary N) is 1. The Morgan fingerprint density at radius 3 is 2.78 bits per heavy atom. The Morgan fingerprint density at radius 2 is 2.17 bits per heavy atom. The van der Waals surface area contributed by atoms with Crippen molar-refractivity contribution >= 4 is 0 Å². The monoisotopic (exact) mass is 243 g/mol. The normalized spacial score (nSPS) is 19.9. The summed E-state index contributed by atoms with van der Waals surface area (Å²) in [6, 6.07) is 8.47. The van der Waals surface area contributed by atoms with E-state index in [9.17, 15) is 0 Å². The van der Waals surface area contributed by atoms with E-state index in [1.807, 2.05) is 24.0 Å². The van der Waals surface area contributed by atoms with Gasteiger partial charge in [0.2, 0.25) is 0 Å². The molecule has 18 heavy (non-hydrogen) atoms. The molecule has 4 nitrogen and oxygen atoms in total. The highest BCUT2D eigenvalue weighted by molar-refractivity contribution is 5.56. The molecule has 0 bridgehead atoms. The molecule has 1 N–H and O–H groups in total. The standard InChI is InChI=1S/C14H17N3O/c1-17-8-6-16-14(17)12-4-2-11(3-5-12)13-10-15-7-9-18-13/h2-6,8,13,15H,7,9-10H2,1H3. The van der Waals surface area contributed by atoms with Crippen LogP contribution >= 0.6 is 0 Å². The topological polar surface area (TPSA) is 39.1 Å². The van der Waals surface area contributed by atoms with Crippen LogP contribution in [0, 0.1) is 0 Å². The van der Waals surface area contributed by atoms with Gasteiger partial charge in [0.1, 0.15) is 5.82 Å². The first-order chi connectivity index (χ1) is 8.84. The number of hydrogen-bond donors (Lipinski definition) is 1. The summed E-state index contributed by atoms with van der Waals surface area (Å²) in [5, 5.41) is 3.34. The molecular weight excluding hydrogens is 226 g/mol. The lowest BCUT2D eigenvalue weighted by Crippen LogP contribution is -2.33. The molecular formula is C14H17N3O. The summed E-state index contributed by atoms with van der Waals surface area (Å²) in [5.41, 5.74) is 2.36. The van der Waals surface area contributed by atoms with Crippen LogP contribution in [-0.2, 0) is 11.8 Å². The average molecular weight is 243 g/mol. The summed E-state index contributed by atoms with van der Waals surface area (Å²) in [5.74, 6) is 0.990. The van der Waals surface area contributed by atoms with Crippen molar-refractivity contribution < 1.29 is 4.74 Å². The molecule has 1 aromatic heterocycles. The maximum absolute atomic E-state index is 5.73. The number of ether oxygens (including phenoxy) is 1. The van der Waals surface area contributed by atoms with Gasteiger partial charge in [-0.2, -0.15) is 0 Å². The van der Waals surface area contributed by atoms with Crippen LogP contribution < -0.4 is 5.32 Å². The lowest BCUT2D eigenvalue weighted by atomic mass is 10.1. The number of aromatic nitrogens is 2. The SMILES string of the molecule is Cn1ccnc1-c1ccc(C2CNCCO2)cc1. The highest BCUT2D eigenvalue weighted by Crippen LogP contribution is 2.22. The zero-order valence-electron chi connectivity index (χ0n) is 10.5. The quantitative estimate of drug-likeness (QED) is 0.873. The molecule has 0 aliphatic carbocycles. The average Bonchev–Trinajstić information content (AvgIpc) is 2.86. The van der Waals surface area contributed by atoms with Crippen LogP contribution in [-0.4, -0.2) is 29.2 Å². The molecule has 1 unspecified atom stereocenters. The summed E-state index contributed by atoms with van der Waals surface area (Å²) in [4.78, 5) is 4.35. The minimum absolute atomic E-state index is 0.175. The van der Waals surface area contributed by atoms with Gasteiger partial charge in [-0.3, -0.25) is 0 Å². The fraction of sp³-hybridized carbons (Fsp3) is 0.357. The van der Waals surface area contributed by atoms with Crippen molar-refractivity contribution in [3.63, 3.8) is 0 Å². The Morgan fingerprint density at radius 1 is 1.33 bits per heavy atom. The predicted molar refractivity (Wildman–Crippen MR) is 70.2 cm³/mol. The molecule has 0 spiro atoms. The van der Waals surface area contributed by atoms with Gasteiger partial charge in [-0.05, 0) is 5.56 Å². The lowest BCUT2D eigenvalue weighted by Gasteiger charge is -2.24. The molecule has 94 valence electrons. The van der Waals surface area contributed by atoms with Gasteiger partial charge in [-0.1, -0.05) is 24.3 Å². The fourth-order valence-corrected chi connectivity index (χ4v) is 2.27. The van der Waals surface area contributed by atoms with Crippen molar-refractivity contribution in [2.75, 3.05) is 19.7 Å². The molecule has 4 heteroatoms. The van der Waals surface area contributed by atoms with Crippen molar-refractivity contribution in [1.29, 1.82) is 0 Å². The second-order valence-corrected chi connectivity index (χ2v) is 4.55. The number of nitrogens with zero attached hydrogens (tertiary/aromatic N) is 2. The third-order valence-corrected chi connectivity index (χ3v) is 3.29. The van der Waals surface area contributed by atoms with Crippen LogP contribution in [0.25, 0.3) is 11.4 Å². The van der Waals surface area contributed by atoms with Gasteiger partial charge in [0.05, 0.1) is 12.7 Å². The second-order valence-electron chi connectivity index (χ2n) is 4.55. The molecule has 2 aromatic rings. The van der Waals surface area contributed by atoms with Crippen molar-refractivity contribution in [3.8, 4) is 11.4 Å². The van der Waals surface area contributed by atoms with Gasteiger partial charge >= 0.3 is 0 Å². The minimum atomic E-state index is 0.175. The van der Waals surface area contributed by atoms with Crippen LogP contribution in [0.4, 0.5) is 0 Å². The van der Waals surface area contributed by atoms with E-state index in [2.05, 4.69) is 34.6 Å². The maximum atomic E-state index is 5.73. The van der Waals surface area contributed by atoms with Gasteiger partial charge in [-0.25, -0.2) is 4.98 Å². The van der Waals surface area contributed by atoms with Crippen molar-refractivity contribution in [2.45, 2.75) is 6.10 Å². The molecule has 1 aliphatic heterocycles. The zero-order valence-corrected chi connectivity index (χ0v) is 10.5. The smallest absolute Gasteiger partial charge is 0.139 e. The van der Waals surface area contributed by atoms with Crippen LogP contribution in [0.1, 0.15) is 11.7 Å². The Labute approximate surface area is 107 Å². The number of rotatable bonds is 2. The van der Waals surface area contributed by atoms with E-state index >= 15 is 0 Å². The minimum Gasteiger partial charge on any atom is -0.371 e. The summed E-state index contributed by atoms with van der Waals surface area (Å²) >= 11 is 0. The number of imidazole rings is 1. The van der Waals surface area contributed by atoms with Crippen LogP contribution in [0.15, 0.2) is 36.7 Å². The summed E-state index contributed by atoms with van der Waals surface area (Å²) in [6.45, 7) is 2.62. The highest BCUT2D eigenvalue weighted by atomic mass is 16.5. The fourth-order valence-electron chi connectivity index (χ4n) is 2.27. The van der Waals surface area contributed by atoms with Gasteiger partial charge in [0, 0.05) is 38.1 Å². The Hall–Kier alpha value is -1.65. The zero-order chi connectivity index (χ0) is 12.4. The van der Waals surface area contributed by atoms with E-state index in [-0.39, 0.29) is 6.10 Å². The Balaban J connectivity index is 1.82. The molecule has 1 atom stereocenters. The first-order valence-electron chi connectivity index (χ1n) is 6.24. The van der Waals surface area contributed by atoms with Crippen LogP contribution in [0.3, 0.4) is 0 Å². The van der Waals surface area contributed by atoms with Gasteiger partial charge in [-0.15, -0.1) is 0 Å². The second kappa shape index (κ2) is 4.92. The van der Waals surface area contributed by atoms with Crippen LogP contribution in [0.2, 0.25) is 0 Å². The van der Waals surface area contributed by atoms with E-state index < -0.39 is 0 Å². The van der Waals surface area contributed by atoms with Crippen molar-refractivity contribution in [1.82, 2.24) is 14.9 Å². The third-order valence-electron chi connectivity index (χ3n) is 3.29. The van der Waals surface area contributed by atoms with Gasteiger partial charge in [0.15, 0.2) is 0 Å². The Bertz CT molecular complexity index is 512. The van der Waals surface area contributed by atoms with E-state index in [0.717, 1.165) is 31.1 Å². The number of benzene rings is 1. The number of hydrogen-bond acceptors (Lipinski definition) is 3. The van der Waals surface area contributed by atoms with E-state index in [4.69, 9.17) is 4.74 Å². The molecule has 1 aliphatic rings. The first-order valence-corrected chi connectivity index (χ1v) is 6.24. The van der Waals surface area contributed by atoms with E-state index in [0.29, 0.717) is 0 Å². The molecule has 0 amide bonds. The molecule has 1 aromatic carbocycles. The summed E-state index contributed by atoms with van der Waals surface area (Å²) < 4.78 is 7.76. The van der Waals surface area contributed by atoms with E-state index in [1.165, 1.54) is 5.56 Å². The molecule has 1 fully saturated rings. The predicted octanol–water partition coefficient (Wildman–Crippen LogP) is 1.75. The molecule has 1 saturated heterocycles. The van der Waals surface area contributed by atoms with E-state index in [1.54, 1.807) is 0 Å². The van der Waals surface area contributed by atoms with Crippen molar-refractivity contribution in [2.24, 2.45) is 7.05 Å². The molecule has 3 rings (SSSR count). The molecule has 0 saturated carbocycles. The highest BCUT2D eigenvalue weighted by Gasteiger charge is 2.15. The van der Waals surface area contributed by atoms with Crippen LogP contribution in [0.5, 0.6) is 0 Å². The number of aryl methyl sites for hydroxylation is 1. The first kappa shape index (κ1) is 11.4. The maximum Gasteiger partial charge on any atom is 0.139 e. The van der Waals surface area contributed by atoms with Gasteiger partial charge in [0.25, 0.3) is 0 Å². The lowest BCUT2D eigenvalue weighted by molar-refractivity contribution is 0.0277. The van der Waals surface area contributed by atoms with Crippen molar-refractivity contribution in [3.05, 3.63) is 42.2 Å². The third kappa shape index (κ3) is 2.17. The molecule has 2 heterocycles. The number of morpholine rings is 1. The van der Waals surface area contributed by atoms with Gasteiger partial charge < -0.3 is 14.6 Å².